The van der Waals surface area contributed by atoms with E-state index in [1.807, 2.05) is 164 Å². The number of carbonyl (C=O) groups excluding carboxylic acids is 3. The van der Waals surface area contributed by atoms with Crippen molar-refractivity contribution in [1.29, 1.82) is 1.34 Å². The molecule has 0 bridgehead atoms. The van der Waals surface area contributed by atoms with Gasteiger partial charge in [0.05, 0.1) is 36.7 Å². The van der Waals surface area contributed by atoms with E-state index in [2.05, 4.69) is 131 Å². The standard InChI is InChI=1S/C21H16N4O4.C16H12N4O2.C16H13NO3.C9H7NO.C7H5O2.C5H5BrO2.C4H9.C3H8.BH.BrH.Li.Mg.U/c1-27-19(26)8-4-6-15-14-5-2-3-7-16(14)23-21(15)20(24-25-22)13-9-10-17-18(11-13)29-12-28-17;17-20-19-16(11-5-6-14-15(8-11)22-9-21-14)13-7-10-3-1-2-4-12(10)18-13;18-16(11-5-6-14-15(8-11)20-9-19-14)13-7-10-3-1-2-4-12(10)17-13;11-6-8-5-7-3-1-2-4-9(7)10-8;1-2-4-7-6(3-1)8-5-9-7;1-8-5(7)3-2-4-6;1-3-4-2;1-3-2;;;;;/h2-3,5,7,9-11,20,23H,6,12H2,1H3;1-8,16,18H,9H2;1-8,16-18H,9H2;1-6,10H;1,3-4H,5H2;4H2,1H3;1,3-4H2,2H3;3H2,1-2H3;2*1H;;;/q;;;;-1;;-1;;;;+1;+2;/p-1/i;;;;;;;;1D;;;;. The van der Waals surface area contributed by atoms with Crippen LogP contribution in [0.1, 0.15) is 108 Å². The van der Waals surface area contributed by atoms with E-state index in [-0.39, 0.29) is 117 Å². The van der Waals surface area contributed by atoms with Crippen LogP contribution < -0.4 is 73.7 Å². The first-order valence-corrected chi connectivity index (χ1v) is 34.5. The van der Waals surface area contributed by atoms with Gasteiger partial charge in [-0.1, -0.05) is 163 Å². The van der Waals surface area contributed by atoms with Crippen LogP contribution in [-0.2, 0) is 25.5 Å². The second-order valence-corrected chi connectivity index (χ2v) is 23.4. The molecule has 0 fully saturated rings. The molecule has 4 aliphatic rings. The van der Waals surface area contributed by atoms with Gasteiger partial charge in [0, 0.05) is 117 Å². The minimum Gasteiger partial charge on any atom is -1.00 e. The first-order valence-electron chi connectivity index (χ1n) is 33.9. The number of aromatic amines is 4. The Morgan fingerprint density at radius 1 is 0.604 bits per heavy atom. The molecule has 12 aromatic rings. The van der Waals surface area contributed by atoms with Crippen LogP contribution in [-0.4, -0.2) is 123 Å². The Kier molecular flexibility index (Phi) is 40.8. The summed E-state index contributed by atoms with van der Waals surface area (Å²) < 4.78 is 56.3. The van der Waals surface area contributed by atoms with Crippen LogP contribution in [0.5, 0.6) is 46.0 Å². The van der Waals surface area contributed by atoms with Gasteiger partial charge in [0.2, 0.25) is 27.2 Å². The normalized spacial score (nSPS) is 11.8. The van der Waals surface area contributed by atoms with Crippen molar-refractivity contribution in [1.82, 2.24) is 19.9 Å². The number of azide groups is 2. The van der Waals surface area contributed by atoms with Crippen molar-refractivity contribution >= 4 is 109 Å². The number of aliphatic hydroxyl groups excluding tert-OH is 1. The molecule has 0 saturated carbocycles. The molecular formula is C81H76BBr2LiMgN10O14U. The van der Waals surface area contributed by atoms with Gasteiger partial charge in [-0.25, -0.2) is 9.59 Å². The number of carbonyl (C=O) groups is 3. The van der Waals surface area contributed by atoms with Crippen molar-refractivity contribution in [2.75, 3.05) is 46.7 Å². The molecule has 30 heteroatoms. The quantitative estimate of drug-likeness (QED) is 0.00768. The van der Waals surface area contributed by atoms with Gasteiger partial charge in [-0.2, -0.15) is 18.6 Å². The summed E-state index contributed by atoms with van der Waals surface area (Å²) in [4.78, 5) is 50.8. The summed E-state index contributed by atoms with van der Waals surface area (Å²) in [6, 6.07) is 60.9. The molecule has 3 atom stereocenters. The number of aromatic nitrogens is 4. The topological polar surface area (TPSA) is 324 Å². The molecule has 4 aliphatic heterocycles. The van der Waals surface area contributed by atoms with E-state index in [0.717, 1.165) is 107 Å². The van der Waals surface area contributed by atoms with Gasteiger partial charge in [0.15, 0.2) is 40.8 Å². The van der Waals surface area contributed by atoms with Crippen molar-refractivity contribution < 1.29 is 134 Å². The van der Waals surface area contributed by atoms with Gasteiger partial charge < -0.3 is 96.3 Å². The number of benzene rings is 8. The number of unbranched alkanes of at least 4 members (excludes halogenated alkanes) is 1. The molecule has 0 aliphatic carbocycles. The summed E-state index contributed by atoms with van der Waals surface area (Å²) in [5.41, 5.74) is 28.2. The smallest absolute Gasteiger partial charge is 1.00 e. The van der Waals surface area contributed by atoms with Crippen LogP contribution in [0.4, 0.5) is 0 Å². The average Bonchev–Trinajstić information content (AvgIpc) is 1.63. The van der Waals surface area contributed by atoms with Gasteiger partial charge >= 0.3 is 53.9 Å². The first-order chi connectivity index (χ1) is 52.9. The fraction of sp³-hybridized carbons (Fsp3) is 0.210. The number of nitrogens with one attached hydrogen (secondary N) is 4. The molecule has 16 rings (SSSR count). The number of methoxy groups -OCH3 is 2. The largest absolute Gasteiger partial charge is 2.00 e. The molecule has 5 N–H and O–H groups in total. The van der Waals surface area contributed by atoms with Crippen LogP contribution in [0.25, 0.3) is 64.5 Å². The molecule has 558 valence electrons. The Labute approximate surface area is 716 Å². The van der Waals surface area contributed by atoms with Gasteiger partial charge in [-0.15, -0.1) is 12.1 Å². The van der Waals surface area contributed by atoms with Gasteiger partial charge in [0.1, 0.15) is 18.2 Å². The van der Waals surface area contributed by atoms with Crippen molar-refractivity contribution in [2.45, 2.75) is 64.6 Å². The Hall–Kier alpha value is -9.93. The van der Waals surface area contributed by atoms with E-state index < -0.39 is 30.1 Å². The minimum absolute atomic E-state index is 0. The van der Waals surface area contributed by atoms with E-state index in [9.17, 15) is 25.0 Å². The second-order valence-electron chi connectivity index (χ2n) is 22.8. The van der Waals surface area contributed by atoms with Gasteiger partial charge in [-0.05, 0) is 124 Å². The van der Waals surface area contributed by atoms with E-state index in [1.165, 1.54) is 27.1 Å². The summed E-state index contributed by atoms with van der Waals surface area (Å²) >= 11 is 3.03. The number of esters is 2. The summed E-state index contributed by atoms with van der Waals surface area (Å²) in [6.45, 7) is 10.9. The van der Waals surface area contributed by atoms with Gasteiger partial charge in [-0.3, -0.25) is 4.79 Å². The molecule has 0 amide bonds. The minimum atomic E-state index is -0.711. The van der Waals surface area contributed by atoms with Crippen molar-refractivity contribution in [3.8, 4) is 69.7 Å². The van der Waals surface area contributed by atoms with Crippen LogP contribution >= 0.6 is 15.9 Å². The van der Waals surface area contributed by atoms with Crippen molar-refractivity contribution in [2.24, 2.45) is 10.2 Å². The van der Waals surface area contributed by atoms with E-state index in [1.54, 1.807) is 24.3 Å². The van der Waals surface area contributed by atoms with Crippen molar-refractivity contribution in [3.63, 3.8) is 0 Å². The number of nitrogens with zero attached hydrogens (tertiary/aromatic N) is 6. The number of hydrogen-bond acceptors (Lipinski definition) is 16. The summed E-state index contributed by atoms with van der Waals surface area (Å²) in [7, 11) is 6.33. The molecule has 8 aromatic carbocycles. The predicted octanol–water partition coefficient (Wildman–Crippen LogP) is 11.1. The number of alkyl halides is 1. The third-order valence-corrected chi connectivity index (χ3v) is 15.9. The van der Waals surface area contributed by atoms with Gasteiger partial charge in [0.25, 0.3) is 0 Å². The van der Waals surface area contributed by atoms with Crippen LogP contribution in [0, 0.1) is 67.8 Å². The first kappa shape index (κ1) is 91.7. The number of fused-ring (bicyclic) bond motifs is 8. The fourth-order valence-corrected chi connectivity index (χ4v) is 10.8. The zero-order valence-electron chi connectivity index (χ0n) is 62.8. The molecule has 2 radical (unpaired) electrons. The van der Waals surface area contributed by atoms with Crippen LogP contribution in [0.2, 0.25) is 0 Å². The molecule has 0 saturated heterocycles. The summed E-state index contributed by atoms with van der Waals surface area (Å²) in [5.74, 6) is 14.5. The number of para-hydroxylation sites is 4. The maximum atomic E-state index is 11.4. The number of hydrogen-bond donors (Lipinski definition) is 5. The fourth-order valence-electron chi connectivity index (χ4n) is 10.6. The van der Waals surface area contributed by atoms with Crippen LogP contribution in [0.3, 0.4) is 0 Å². The van der Waals surface area contributed by atoms with E-state index in [4.69, 9.17) is 44.8 Å². The molecule has 24 nitrogen and oxygen atoms in total. The monoisotopic (exact) mass is 1850 g/mol. The summed E-state index contributed by atoms with van der Waals surface area (Å²) in [6.07, 6.45) is 3.92. The number of H-pyrrole nitrogens is 4. The Morgan fingerprint density at radius 3 is 1.50 bits per heavy atom. The molecule has 0 spiro atoms. The molecule has 3 unspecified atom stereocenters. The Morgan fingerprint density at radius 2 is 1.02 bits per heavy atom. The van der Waals surface area contributed by atoms with Crippen LogP contribution in [0.15, 0.2) is 198 Å². The maximum absolute atomic E-state index is 11.4. The number of aldehydes is 1. The Bertz CT molecular complexity index is 5110. The number of ether oxygens (including phenoxy) is 10. The number of halogens is 2. The maximum Gasteiger partial charge on any atom is 2.00 e. The zero-order chi connectivity index (χ0) is 77.0. The SMILES string of the molecule is CCC.COC(=O)C#CCBr.COC(=O)C#CCc1c(C(N=[N+]=[N-])c2ccc3c(c2)OCO3)[nH]c2ccccc12.O=Cc1cc2ccccc2[nH]1.OC(c1ccc2c(c1)OCO2)c1cc2ccccc2[nH]1.[2H][B].[Br-].[CH2-]CCC.[Li+].[Mg+2].[N-]=[N+]=NC(c1ccc2c(c1)OCO2)c1cc2ccccc2[nH]1.[U].[c-]1ccc2c(c1)OCO2. The zero-order valence-corrected chi connectivity index (χ0v) is 70.5. The van der Waals surface area contributed by atoms with Crippen molar-refractivity contribution in [3.05, 3.63) is 267 Å². The third kappa shape index (κ3) is 26.4. The average molecular weight is 1850 g/mol. The van der Waals surface area contributed by atoms with E-state index in [0.29, 0.717) is 52.3 Å². The number of rotatable bonds is 11. The third-order valence-electron chi connectivity index (χ3n) is 15.6. The molecular weight excluding hydrogens is 1780 g/mol. The summed E-state index contributed by atoms with van der Waals surface area (Å²) in [5, 5.41) is 23.1. The van der Waals surface area contributed by atoms with E-state index >= 15 is 0 Å². The predicted molar refractivity (Wildman–Crippen MR) is 420 cm³/mol. The molecule has 4 aromatic heterocycles. The molecule has 111 heavy (non-hydrogen) atoms. The number of aliphatic hydroxyl groups is 1. The second kappa shape index (κ2) is 49.4. The Balaban J connectivity index is 0.000000288. The molecule has 8 heterocycles.